The molecule has 3 aromatic rings. The Labute approximate surface area is 171 Å². The lowest BCUT2D eigenvalue weighted by atomic mass is 10.00. The average molecular weight is 413 g/mol. The van der Waals surface area contributed by atoms with Crippen molar-refractivity contribution in [1.29, 1.82) is 0 Å². The molecule has 1 N–H and O–H groups in total. The second kappa shape index (κ2) is 6.70. The van der Waals surface area contributed by atoms with Crippen LogP contribution in [0, 0.1) is 0 Å². The third kappa shape index (κ3) is 3.07. The molecular formula is C21H17ClN2O5. The van der Waals surface area contributed by atoms with Crippen molar-refractivity contribution >= 4 is 23.2 Å². The molecule has 0 radical (unpaired) electrons. The van der Waals surface area contributed by atoms with Crippen LogP contribution in [0.25, 0.3) is 11.3 Å². The average Bonchev–Trinajstić information content (AvgIpc) is 3.16. The Balaban J connectivity index is 1.40. The highest BCUT2D eigenvalue weighted by molar-refractivity contribution is 6.31. The number of carbonyl (C=O) groups excluding carboxylic acids is 1. The van der Waals surface area contributed by atoms with Crippen LogP contribution in [0.1, 0.15) is 18.5 Å². The van der Waals surface area contributed by atoms with Crippen LogP contribution in [-0.4, -0.2) is 25.0 Å². The summed E-state index contributed by atoms with van der Waals surface area (Å²) in [7, 11) is 1.54. The number of hydrogen-bond donors (Lipinski definition) is 1. The van der Waals surface area contributed by atoms with E-state index < -0.39 is 5.41 Å². The van der Waals surface area contributed by atoms with E-state index in [2.05, 4.69) is 10.5 Å². The summed E-state index contributed by atoms with van der Waals surface area (Å²) in [6.45, 7) is 0.205. The minimum absolute atomic E-state index is 0.163. The number of anilines is 1. The van der Waals surface area contributed by atoms with Gasteiger partial charge in [0, 0.05) is 16.7 Å². The van der Waals surface area contributed by atoms with E-state index in [1.807, 2.05) is 18.2 Å². The first-order valence-corrected chi connectivity index (χ1v) is 9.49. The van der Waals surface area contributed by atoms with E-state index in [9.17, 15) is 4.79 Å². The van der Waals surface area contributed by atoms with Gasteiger partial charge in [-0.15, -0.1) is 0 Å². The van der Waals surface area contributed by atoms with Gasteiger partial charge in [0.05, 0.1) is 23.9 Å². The SMILES string of the molecule is COc1ccc(Cl)cc1NC(=O)C1(c2cc(-c3ccc4c(c3)OCO4)on2)CC1. The molecule has 1 fully saturated rings. The normalized spacial score (nSPS) is 15.8. The highest BCUT2D eigenvalue weighted by Crippen LogP contribution is 2.50. The third-order valence-electron chi connectivity index (χ3n) is 5.25. The van der Waals surface area contributed by atoms with Gasteiger partial charge in [0.2, 0.25) is 12.7 Å². The quantitative estimate of drug-likeness (QED) is 0.668. The van der Waals surface area contributed by atoms with Crippen molar-refractivity contribution < 1.29 is 23.5 Å². The molecule has 1 amide bonds. The molecule has 0 bridgehead atoms. The highest BCUT2D eigenvalue weighted by Gasteiger charge is 2.54. The van der Waals surface area contributed by atoms with Gasteiger partial charge in [-0.1, -0.05) is 16.8 Å². The minimum atomic E-state index is -0.717. The standard InChI is InChI=1S/C21H17ClN2O5/c1-26-15-5-3-13(22)9-14(15)23-20(25)21(6-7-21)19-10-17(29-24-19)12-2-4-16-18(8-12)28-11-27-16/h2-5,8-10H,6-7,11H2,1H3,(H,23,25). The maximum Gasteiger partial charge on any atom is 0.236 e. The van der Waals surface area contributed by atoms with Gasteiger partial charge in [-0.05, 0) is 49.2 Å². The van der Waals surface area contributed by atoms with Crippen LogP contribution in [-0.2, 0) is 10.2 Å². The van der Waals surface area contributed by atoms with E-state index in [1.54, 1.807) is 31.4 Å². The fraction of sp³-hybridized carbons (Fsp3) is 0.238. The first kappa shape index (κ1) is 17.9. The van der Waals surface area contributed by atoms with Crippen molar-refractivity contribution in [2.75, 3.05) is 19.2 Å². The van der Waals surface area contributed by atoms with E-state index in [-0.39, 0.29) is 12.7 Å². The zero-order chi connectivity index (χ0) is 20.0. The Kier molecular flexibility index (Phi) is 4.13. The second-order valence-corrected chi connectivity index (χ2v) is 7.46. The number of hydrogen-bond acceptors (Lipinski definition) is 6. The van der Waals surface area contributed by atoms with Crippen molar-refractivity contribution in [3.8, 4) is 28.6 Å². The second-order valence-electron chi connectivity index (χ2n) is 7.03. The van der Waals surface area contributed by atoms with E-state index in [0.29, 0.717) is 52.3 Å². The predicted octanol–water partition coefficient (Wildman–Crippen LogP) is 4.40. The van der Waals surface area contributed by atoms with Gasteiger partial charge in [0.15, 0.2) is 17.3 Å². The number of ether oxygens (including phenoxy) is 3. The maximum absolute atomic E-state index is 13.0. The summed E-state index contributed by atoms with van der Waals surface area (Å²) >= 11 is 6.06. The van der Waals surface area contributed by atoms with Gasteiger partial charge in [0.1, 0.15) is 5.75 Å². The van der Waals surface area contributed by atoms with Crippen LogP contribution in [0.4, 0.5) is 5.69 Å². The molecule has 5 rings (SSSR count). The summed E-state index contributed by atoms with van der Waals surface area (Å²) in [6.07, 6.45) is 1.38. The smallest absolute Gasteiger partial charge is 0.236 e. The summed E-state index contributed by atoms with van der Waals surface area (Å²) in [5.41, 5.74) is 1.21. The van der Waals surface area contributed by atoms with Gasteiger partial charge in [-0.2, -0.15) is 0 Å². The third-order valence-corrected chi connectivity index (χ3v) is 5.49. The molecule has 1 aromatic heterocycles. The Hall–Kier alpha value is -3.19. The van der Waals surface area contributed by atoms with E-state index in [0.717, 1.165) is 5.56 Å². The summed E-state index contributed by atoms with van der Waals surface area (Å²) in [6, 6.07) is 12.4. The van der Waals surface area contributed by atoms with Crippen molar-refractivity contribution in [2.45, 2.75) is 18.3 Å². The number of benzene rings is 2. The first-order valence-electron chi connectivity index (χ1n) is 9.11. The molecule has 0 spiro atoms. The molecule has 0 saturated heterocycles. The maximum atomic E-state index is 13.0. The Morgan fingerprint density at radius 2 is 1.97 bits per heavy atom. The zero-order valence-corrected chi connectivity index (χ0v) is 16.3. The molecule has 1 aliphatic carbocycles. The van der Waals surface area contributed by atoms with Gasteiger partial charge >= 0.3 is 0 Å². The molecule has 2 aromatic carbocycles. The van der Waals surface area contributed by atoms with E-state index in [1.165, 1.54) is 0 Å². The van der Waals surface area contributed by atoms with Gasteiger partial charge in [-0.25, -0.2) is 0 Å². The number of nitrogens with zero attached hydrogens (tertiary/aromatic N) is 1. The number of nitrogens with one attached hydrogen (secondary N) is 1. The molecule has 0 unspecified atom stereocenters. The molecule has 2 heterocycles. The van der Waals surface area contributed by atoms with Crippen LogP contribution in [0.5, 0.6) is 17.2 Å². The highest BCUT2D eigenvalue weighted by atomic mass is 35.5. The number of fused-ring (bicyclic) bond motifs is 1. The molecule has 7 nitrogen and oxygen atoms in total. The van der Waals surface area contributed by atoms with Crippen molar-refractivity contribution in [2.24, 2.45) is 0 Å². The van der Waals surface area contributed by atoms with E-state index >= 15 is 0 Å². The molecular weight excluding hydrogens is 396 g/mol. The van der Waals surface area contributed by atoms with Crippen LogP contribution in [0.2, 0.25) is 5.02 Å². The number of methoxy groups -OCH3 is 1. The summed E-state index contributed by atoms with van der Waals surface area (Å²) in [4.78, 5) is 13.0. The number of amides is 1. The van der Waals surface area contributed by atoms with Crippen LogP contribution >= 0.6 is 11.6 Å². The first-order chi connectivity index (χ1) is 14.1. The number of halogens is 1. The number of aromatic nitrogens is 1. The van der Waals surface area contributed by atoms with Crippen LogP contribution in [0.3, 0.4) is 0 Å². The number of rotatable bonds is 5. The molecule has 8 heteroatoms. The predicted molar refractivity (Wildman–Crippen MR) is 106 cm³/mol. The Morgan fingerprint density at radius 1 is 1.14 bits per heavy atom. The fourth-order valence-electron chi connectivity index (χ4n) is 3.43. The van der Waals surface area contributed by atoms with Crippen LogP contribution < -0.4 is 19.5 Å². The molecule has 1 aliphatic heterocycles. The summed E-state index contributed by atoms with van der Waals surface area (Å²) in [5.74, 6) is 2.30. The Morgan fingerprint density at radius 3 is 2.76 bits per heavy atom. The van der Waals surface area contributed by atoms with Gasteiger partial charge in [0.25, 0.3) is 0 Å². The topological polar surface area (TPSA) is 82.8 Å². The Bertz CT molecular complexity index is 1110. The largest absolute Gasteiger partial charge is 0.495 e. The van der Waals surface area contributed by atoms with Crippen LogP contribution in [0.15, 0.2) is 47.0 Å². The van der Waals surface area contributed by atoms with Crippen molar-refractivity contribution in [3.63, 3.8) is 0 Å². The monoisotopic (exact) mass is 412 g/mol. The number of carbonyl (C=O) groups is 1. The van der Waals surface area contributed by atoms with Gasteiger partial charge < -0.3 is 24.1 Å². The summed E-state index contributed by atoms with van der Waals surface area (Å²) in [5, 5.41) is 7.61. The lowest BCUT2D eigenvalue weighted by molar-refractivity contribution is -0.118. The minimum Gasteiger partial charge on any atom is -0.495 e. The molecule has 1 saturated carbocycles. The van der Waals surface area contributed by atoms with Gasteiger partial charge in [-0.3, -0.25) is 4.79 Å². The molecule has 2 aliphatic rings. The fourth-order valence-corrected chi connectivity index (χ4v) is 3.60. The summed E-state index contributed by atoms with van der Waals surface area (Å²) < 4.78 is 21.6. The molecule has 148 valence electrons. The molecule has 0 atom stereocenters. The zero-order valence-electron chi connectivity index (χ0n) is 15.5. The van der Waals surface area contributed by atoms with E-state index in [4.69, 9.17) is 30.3 Å². The lowest BCUT2D eigenvalue weighted by Gasteiger charge is -2.15. The lowest BCUT2D eigenvalue weighted by Crippen LogP contribution is -2.28. The van der Waals surface area contributed by atoms with Crippen molar-refractivity contribution in [1.82, 2.24) is 5.16 Å². The van der Waals surface area contributed by atoms with Crippen molar-refractivity contribution in [3.05, 3.63) is 53.2 Å². The molecule has 29 heavy (non-hydrogen) atoms.